The van der Waals surface area contributed by atoms with Crippen LogP contribution in [0.5, 0.6) is 0 Å². The van der Waals surface area contributed by atoms with Crippen molar-refractivity contribution in [2.75, 3.05) is 12.3 Å². The van der Waals surface area contributed by atoms with Crippen LogP contribution < -0.4 is 5.32 Å². The molecule has 1 unspecified atom stereocenters. The van der Waals surface area contributed by atoms with Crippen molar-refractivity contribution in [3.63, 3.8) is 0 Å². The van der Waals surface area contributed by atoms with E-state index in [4.69, 9.17) is 11.6 Å². The van der Waals surface area contributed by atoms with Crippen molar-refractivity contribution in [3.8, 4) is 0 Å². The number of hydrogen-bond donors (Lipinski definition) is 2. The zero-order chi connectivity index (χ0) is 14.6. The van der Waals surface area contributed by atoms with E-state index >= 15 is 0 Å². The Balaban J connectivity index is 1.99. The van der Waals surface area contributed by atoms with Crippen LogP contribution in [-0.4, -0.2) is 28.9 Å². The van der Waals surface area contributed by atoms with Gasteiger partial charge in [-0.2, -0.15) is 11.8 Å². The van der Waals surface area contributed by atoms with Crippen molar-refractivity contribution < 1.29 is 9.90 Å². The van der Waals surface area contributed by atoms with E-state index in [2.05, 4.69) is 5.32 Å². The molecule has 0 aromatic heterocycles. The predicted octanol–water partition coefficient (Wildman–Crippen LogP) is 3.42. The van der Waals surface area contributed by atoms with Gasteiger partial charge in [-0.25, -0.2) is 0 Å². The minimum absolute atomic E-state index is 0.263. The first kappa shape index (κ1) is 15.7. The Morgan fingerprint density at radius 3 is 2.75 bits per heavy atom. The molecular formula is C15H20ClNO2S. The standard InChI is InChI=1S/C15H20ClNO2S/c1-2-17-15(14(18)19,12-7-8-12)10-20-9-11-5-3-4-6-13(11)16/h3-6,12,17H,2,7-10H2,1H3,(H,18,19). The van der Waals surface area contributed by atoms with Gasteiger partial charge in [0.05, 0.1) is 0 Å². The predicted molar refractivity (Wildman–Crippen MR) is 84.4 cm³/mol. The summed E-state index contributed by atoms with van der Waals surface area (Å²) in [6.07, 6.45) is 2.01. The van der Waals surface area contributed by atoms with Crippen LogP contribution in [0, 0.1) is 5.92 Å². The molecule has 1 atom stereocenters. The molecule has 0 radical (unpaired) electrons. The first-order valence-corrected chi connectivity index (χ1v) is 8.43. The summed E-state index contributed by atoms with van der Waals surface area (Å²) in [6.45, 7) is 2.63. The molecule has 1 aliphatic carbocycles. The minimum Gasteiger partial charge on any atom is -0.480 e. The Bertz CT molecular complexity index is 479. The van der Waals surface area contributed by atoms with Crippen LogP contribution in [0.25, 0.3) is 0 Å². The number of benzene rings is 1. The second kappa shape index (κ2) is 6.83. The normalized spacial score (nSPS) is 17.7. The second-order valence-corrected chi connectivity index (χ2v) is 6.56. The number of thioether (sulfide) groups is 1. The summed E-state index contributed by atoms with van der Waals surface area (Å²) >= 11 is 7.76. The van der Waals surface area contributed by atoms with Gasteiger partial charge in [-0.1, -0.05) is 36.7 Å². The van der Waals surface area contributed by atoms with E-state index in [1.54, 1.807) is 11.8 Å². The number of carbonyl (C=O) groups is 1. The molecule has 2 rings (SSSR count). The van der Waals surface area contributed by atoms with Gasteiger partial charge in [0.15, 0.2) is 0 Å². The van der Waals surface area contributed by atoms with Gasteiger partial charge < -0.3 is 10.4 Å². The van der Waals surface area contributed by atoms with Gasteiger partial charge in [0.2, 0.25) is 0 Å². The zero-order valence-electron chi connectivity index (χ0n) is 11.6. The van der Waals surface area contributed by atoms with E-state index in [1.165, 1.54) is 0 Å². The molecule has 0 saturated heterocycles. The highest BCUT2D eigenvalue weighted by atomic mass is 35.5. The van der Waals surface area contributed by atoms with Gasteiger partial charge in [-0.3, -0.25) is 4.79 Å². The third-order valence-corrected chi connectivity index (χ3v) is 5.24. The maximum atomic E-state index is 11.7. The number of likely N-dealkylation sites (N-methyl/N-ethyl adjacent to an activating group) is 1. The molecule has 110 valence electrons. The quantitative estimate of drug-likeness (QED) is 0.772. The zero-order valence-corrected chi connectivity index (χ0v) is 13.1. The number of carboxylic acids is 1. The first-order chi connectivity index (χ1) is 9.60. The Morgan fingerprint density at radius 1 is 1.50 bits per heavy atom. The molecule has 0 aliphatic heterocycles. The summed E-state index contributed by atoms with van der Waals surface area (Å²) in [7, 11) is 0. The molecule has 0 heterocycles. The molecular weight excluding hydrogens is 294 g/mol. The lowest BCUT2D eigenvalue weighted by atomic mass is 9.96. The van der Waals surface area contributed by atoms with E-state index < -0.39 is 11.5 Å². The third kappa shape index (κ3) is 3.48. The number of carboxylic acid groups (broad SMARTS) is 1. The maximum absolute atomic E-state index is 11.7. The van der Waals surface area contributed by atoms with Crippen LogP contribution in [-0.2, 0) is 10.5 Å². The van der Waals surface area contributed by atoms with E-state index in [9.17, 15) is 9.90 Å². The van der Waals surface area contributed by atoms with Crippen molar-refractivity contribution in [1.82, 2.24) is 5.32 Å². The lowest BCUT2D eigenvalue weighted by Gasteiger charge is -2.30. The number of aliphatic carboxylic acids is 1. The SMILES string of the molecule is CCNC(CSCc1ccccc1Cl)(C(=O)O)C1CC1. The van der Waals surface area contributed by atoms with Crippen molar-refractivity contribution >= 4 is 29.3 Å². The van der Waals surface area contributed by atoms with E-state index in [-0.39, 0.29) is 5.92 Å². The highest BCUT2D eigenvalue weighted by Crippen LogP contribution is 2.42. The van der Waals surface area contributed by atoms with Gasteiger partial charge in [0.1, 0.15) is 5.54 Å². The molecule has 1 saturated carbocycles. The summed E-state index contributed by atoms with van der Waals surface area (Å²) < 4.78 is 0. The van der Waals surface area contributed by atoms with Crippen LogP contribution in [0.4, 0.5) is 0 Å². The van der Waals surface area contributed by atoms with Gasteiger partial charge in [-0.05, 0) is 36.9 Å². The average Bonchev–Trinajstić information content (AvgIpc) is 3.24. The monoisotopic (exact) mass is 313 g/mol. The highest BCUT2D eigenvalue weighted by Gasteiger charge is 2.50. The molecule has 20 heavy (non-hydrogen) atoms. The summed E-state index contributed by atoms with van der Waals surface area (Å²) in [6, 6.07) is 7.72. The van der Waals surface area contributed by atoms with Crippen molar-refractivity contribution in [2.45, 2.75) is 31.1 Å². The first-order valence-electron chi connectivity index (χ1n) is 6.89. The number of rotatable bonds is 8. The van der Waals surface area contributed by atoms with Crippen LogP contribution in [0.3, 0.4) is 0 Å². The lowest BCUT2D eigenvalue weighted by Crippen LogP contribution is -2.56. The number of nitrogens with one attached hydrogen (secondary N) is 1. The molecule has 0 amide bonds. The second-order valence-electron chi connectivity index (χ2n) is 5.17. The smallest absolute Gasteiger partial charge is 0.325 e. The van der Waals surface area contributed by atoms with Gasteiger partial charge in [0, 0.05) is 16.5 Å². The third-order valence-electron chi connectivity index (χ3n) is 3.69. The highest BCUT2D eigenvalue weighted by molar-refractivity contribution is 7.98. The maximum Gasteiger partial charge on any atom is 0.325 e. The molecule has 3 nitrogen and oxygen atoms in total. The van der Waals surface area contributed by atoms with E-state index in [1.807, 2.05) is 31.2 Å². The summed E-state index contributed by atoms with van der Waals surface area (Å²) in [5, 5.41) is 13.6. The fourth-order valence-electron chi connectivity index (χ4n) is 2.45. The van der Waals surface area contributed by atoms with Crippen molar-refractivity contribution in [2.24, 2.45) is 5.92 Å². The molecule has 5 heteroatoms. The van der Waals surface area contributed by atoms with Crippen LogP contribution in [0.2, 0.25) is 5.02 Å². The summed E-state index contributed by atoms with van der Waals surface area (Å²) in [5.74, 6) is 0.853. The largest absolute Gasteiger partial charge is 0.480 e. The fraction of sp³-hybridized carbons (Fsp3) is 0.533. The Hall–Kier alpha value is -0.710. The van der Waals surface area contributed by atoms with Gasteiger partial charge >= 0.3 is 5.97 Å². The average molecular weight is 314 g/mol. The summed E-state index contributed by atoms with van der Waals surface area (Å²) in [4.78, 5) is 11.7. The minimum atomic E-state index is -0.777. The van der Waals surface area contributed by atoms with Gasteiger partial charge in [-0.15, -0.1) is 0 Å². The molecule has 1 fully saturated rings. The lowest BCUT2D eigenvalue weighted by molar-refractivity contribution is -0.144. The molecule has 0 spiro atoms. The topological polar surface area (TPSA) is 49.3 Å². The van der Waals surface area contributed by atoms with Crippen molar-refractivity contribution in [1.29, 1.82) is 0 Å². The van der Waals surface area contributed by atoms with Crippen molar-refractivity contribution in [3.05, 3.63) is 34.9 Å². The number of halogens is 1. The number of hydrogen-bond acceptors (Lipinski definition) is 3. The van der Waals surface area contributed by atoms with E-state index in [0.29, 0.717) is 12.3 Å². The van der Waals surface area contributed by atoms with Crippen LogP contribution in [0.15, 0.2) is 24.3 Å². The molecule has 1 aromatic rings. The van der Waals surface area contributed by atoms with Crippen LogP contribution in [0.1, 0.15) is 25.3 Å². The Kier molecular flexibility index (Phi) is 5.35. The van der Waals surface area contributed by atoms with Crippen LogP contribution >= 0.6 is 23.4 Å². The van der Waals surface area contributed by atoms with E-state index in [0.717, 1.165) is 29.2 Å². The summed E-state index contributed by atoms with van der Waals surface area (Å²) in [5.41, 5.74) is 0.284. The Morgan fingerprint density at radius 2 is 2.20 bits per heavy atom. The fourth-order valence-corrected chi connectivity index (χ4v) is 4.09. The molecule has 0 bridgehead atoms. The molecule has 1 aromatic carbocycles. The Labute approximate surface area is 129 Å². The molecule has 1 aliphatic rings. The molecule has 2 N–H and O–H groups in total. The van der Waals surface area contributed by atoms with Gasteiger partial charge in [0.25, 0.3) is 0 Å².